The molecule has 0 fully saturated rings. The van der Waals surface area contributed by atoms with Gasteiger partial charge in [0.15, 0.2) is 6.61 Å². The van der Waals surface area contributed by atoms with Crippen molar-refractivity contribution in [3.05, 3.63) is 65.2 Å². The minimum Gasteiger partial charge on any atom is -0.467 e. The molecule has 0 N–H and O–H groups in total. The maximum absolute atomic E-state index is 12.7. The van der Waals surface area contributed by atoms with Crippen molar-refractivity contribution in [3.8, 4) is 6.07 Å². The van der Waals surface area contributed by atoms with Crippen molar-refractivity contribution in [2.24, 2.45) is 0 Å². The lowest BCUT2D eigenvalue weighted by Crippen LogP contribution is -2.35. The van der Waals surface area contributed by atoms with Crippen LogP contribution in [0.15, 0.2) is 47.1 Å². The van der Waals surface area contributed by atoms with Crippen LogP contribution in [0, 0.1) is 25.2 Å². The molecule has 0 aliphatic heterocycles. The molecule has 2 heterocycles. The van der Waals surface area contributed by atoms with Gasteiger partial charge in [-0.3, -0.25) is 9.78 Å². The van der Waals surface area contributed by atoms with E-state index in [9.17, 15) is 9.59 Å². The lowest BCUT2D eigenvalue weighted by atomic mass is 10.1. The van der Waals surface area contributed by atoms with Crippen LogP contribution >= 0.6 is 0 Å². The molecule has 29 heavy (non-hydrogen) atoms. The van der Waals surface area contributed by atoms with Crippen LogP contribution in [-0.2, 0) is 16.1 Å². The number of benzene rings is 1. The summed E-state index contributed by atoms with van der Waals surface area (Å²) < 4.78 is 10.6. The van der Waals surface area contributed by atoms with Gasteiger partial charge in [-0.1, -0.05) is 11.6 Å². The van der Waals surface area contributed by atoms with Crippen molar-refractivity contribution < 1.29 is 18.7 Å². The van der Waals surface area contributed by atoms with E-state index < -0.39 is 18.5 Å². The molecule has 0 saturated carbocycles. The molecule has 0 radical (unpaired) electrons. The first kappa shape index (κ1) is 20.1. The number of ether oxygens (including phenoxy) is 1. The van der Waals surface area contributed by atoms with Crippen LogP contribution < -0.4 is 0 Å². The molecule has 1 aromatic carbocycles. The van der Waals surface area contributed by atoms with Gasteiger partial charge in [0.1, 0.15) is 5.76 Å². The van der Waals surface area contributed by atoms with Crippen molar-refractivity contribution in [1.82, 2.24) is 9.88 Å². The second kappa shape index (κ2) is 9.02. The van der Waals surface area contributed by atoms with Gasteiger partial charge in [-0.15, -0.1) is 0 Å². The van der Waals surface area contributed by atoms with Crippen molar-refractivity contribution in [1.29, 1.82) is 5.26 Å². The molecular formula is C22H21N3O4. The van der Waals surface area contributed by atoms with E-state index in [2.05, 4.69) is 4.98 Å². The third-order valence-corrected chi connectivity index (χ3v) is 4.41. The maximum Gasteiger partial charge on any atom is 0.339 e. The van der Waals surface area contributed by atoms with Gasteiger partial charge in [-0.05, 0) is 44.2 Å². The minimum atomic E-state index is -0.585. The van der Waals surface area contributed by atoms with Gasteiger partial charge in [-0.2, -0.15) is 5.26 Å². The summed E-state index contributed by atoms with van der Waals surface area (Å²) in [7, 11) is 0. The van der Waals surface area contributed by atoms with Crippen LogP contribution in [0.1, 0.15) is 33.8 Å². The first-order valence-electron chi connectivity index (χ1n) is 9.20. The van der Waals surface area contributed by atoms with Gasteiger partial charge in [0, 0.05) is 17.6 Å². The molecule has 0 aliphatic carbocycles. The third-order valence-electron chi connectivity index (χ3n) is 4.41. The Morgan fingerprint density at radius 3 is 2.79 bits per heavy atom. The Morgan fingerprint density at radius 1 is 1.24 bits per heavy atom. The Labute approximate surface area is 168 Å². The Hall–Kier alpha value is -3.66. The van der Waals surface area contributed by atoms with Crippen LogP contribution in [0.3, 0.4) is 0 Å². The standard InChI is InChI=1S/C22H21N3O4/c1-15-6-7-20-18(11-15)19(12-16(2)24-20)22(27)29-14-21(26)25(9-4-8-23)13-17-5-3-10-28-17/h3,5-7,10-12H,4,9,13-14H2,1-2H3. The SMILES string of the molecule is Cc1ccc2nc(C)cc(C(=O)OCC(=O)N(CCC#N)Cc3ccco3)c2c1. The number of aromatic nitrogens is 1. The summed E-state index contributed by atoms with van der Waals surface area (Å²) in [6.07, 6.45) is 1.69. The first-order valence-corrected chi connectivity index (χ1v) is 9.20. The molecule has 0 atom stereocenters. The number of nitriles is 1. The van der Waals surface area contributed by atoms with Gasteiger partial charge in [0.25, 0.3) is 5.91 Å². The number of rotatable bonds is 7. The van der Waals surface area contributed by atoms with Crippen molar-refractivity contribution in [3.63, 3.8) is 0 Å². The zero-order chi connectivity index (χ0) is 20.8. The van der Waals surface area contributed by atoms with Crippen LogP contribution in [0.2, 0.25) is 0 Å². The molecule has 3 aromatic rings. The zero-order valence-electron chi connectivity index (χ0n) is 16.3. The third kappa shape index (κ3) is 4.99. The van der Waals surface area contributed by atoms with Crippen LogP contribution in [0.25, 0.3) is 10.9 Å². The molecule has 0 bridgehead atoms. The predicted molar refractivity (Wildman–Crippen MR) is 106 cm³/mol. The van der Waals surface area contributed by atoms with Crippen LogP contribution in [0.5, 0.6) is 0 Å². The highest BCUT2D eigenvalue weighted by Gasteiger charge is 2.19. The molecule has 7 nitrogen and oxygen atoms in total. The Kier molecular flexibility index (Phi) is 6.25. The molecule has 3 rings (SSSR count). The molecule has 0 saturated heterocycles. The topological polar surface area (TPSA) is 96.4 Å². The molecule has 0 aliphatic rings. The number of fused-ring (bicyclic) bond motifs is 1. The number of amides is 1. The smallest absolute Gasteiger partial charge is 0.339 e. The van der Waals surface area contributed by atoms with E-state index in [4.69, 9.17) is 14.4 Å². The largest absolute Gasteiger partial charge is 0.467 e. The fourth-order valence-corrected chi connectivity index (χ4v) is 3.00. The quantitative estimate of drug-likeness (QED) is 0.572. The highest BCUT2D eigenvalue weighted by atomic mass is 16.5. The zero-order valence-corrected chi connectivity index (χ0v) is 16.3. The first-order chi connectivity index (χ1) is 14.0. The summed E-state index contributed by atoms with van der Waals surface area (Å²) >= 11 is 0. The summed E-state index contributed by atoms with van der Waals surface area (Å²) in [5.74, 6) is -0.386. The number of carbonyl (C=O) groups is 2. The van der Waals surface area contributed by atoms with Crippen LogP contribution in [-0.4, -0.2) is 34.9 Å². The number of pyridine rings is 1. The average Bonchev–Trinajstić information content (AvgIpc) is 3.22. The second-order valence-corrected chi connectivity index (χ2v) is 6.71. The maximum atomic E-state index is 12.7. The van der Waals surface area contributed by atoms with Crippen LogP contribution in [0.4, 0.5) is 0 Å². The molecule has 1 amide bonds. The number of esters is 1. The van der Waals surface area contributed by atoms with Crippen molar-refractivity contribution in [2.45, 2.75) is 26.8 Å². The summed E-state index contributed by atoms with van der Waals surface area (Å²) in [4.78, 5) is 31.1. The van der Waals surface area contributed by atoms with Gasteiger partial charge >= 0.3 is 5.97 Å². The van der Waals surface area contributed by atoms with E-state index in [-0.39, 0.29) is 19.5 Å². The van der Waals surface area contributed by atoms with Gasteiger partial charge < -0.3 is 14.1 Å². The number of hydrogen-bond acceptors (Lipinski definition) is 6. The van der Waals surface area contributed by atoms with E-state index in [1.807, 2.05) is 31.2 Å². The molecular weight excluding hydrogens is 370 g/mol. The summed E-state index contributed by atoms with van der Waals surface area (Å²) in [6, 6.07) is 12.8. The Bertz CT molecular complexity index is 1070. The Morgan fingerprint density at radius 2 is 2.07 bits per heavy atom. The molecule has 7 heteroatoms. The fourth-order valence-electron chi connectivity index (χ4n) is 3.00. The number of nitrogens with zero attached hydrogens (tertiary/aromatic N) is 3. The fraction of sp³-hybridized carbons (Fsp3) is 0.273. The van der Waals surface area contributed by atoms with Gasteiger partial charge in [-0.25, -0.2) is 4.79 Å². The average molecular weight is 391 g/mol. The molecule has 2 aromatic heterocycles. The second-order valence-electron chi connectivity index (χ2n) is 6.71. The highest BCUT2D eigenvalue weighted by molar-refractivity contribution is 6.04. The van der Waals surface area contributed by atoms with Crippen molar-refractivity contribution >= 4 is 22.8 Å². The van der Waals surface area contributed by atoms with E-state index in [1.165, 1.54) is 11.2 Å². The molecule has 0 unspecified atom stereocenters. The summed E-state index contributed by atoms with van der Waals surface area (Å²) in [5, 5.41) is 9.52. The van der Waals surface area contributed by atoms with Crippen molar-refractivity contribution in [2.75, 3.05) is 13.2 Å². The lowest BCUT2D eigenvalue weighted by molar-refractivity contribution is -0.135. The predicted octanol–water partition coefficient (Wildman–Crippen LogP) is 3.54. The lowest BCUT2D eigenvalue weighted by Gasteiger charge is -2.20. The molecule has 148 valence electrons. The van der Waals surface area contributed by atoms with E-state index in [0.717, 1.165) is 5.56 Å². The van der Waals surface area contributed by atoms with Gasteiger partial charge in [0.05, 0.1) is 36.4 Å². The Balaban J connectivity index is 1.73. The monoisotopic (exact) mass is 391 g/mol. The number of hydrogen-bond donors (Lipinski definition) is 0. The highest BCUT2D eigenvalue weighted by Crippen LogP contribution is 2.21. The van der Waals surface area contributed by atoms with E-state index in [0.29, 0.717) is 27.9 Å². The normalized spacial score (nSPS) is 10.5. The van der Waals surface area contributed by atoms with E-state index in [1.54, 1.807) is 25.1 Å². The van der Waals surface area contributed by atoms with E-state index >= 15 is 0 Å². The number of furan rings is 1. The number of carbonyl (C=O) groups excluding carboxylic acids is 2. The molecule has 0 spiro atoms. The summed E-state index contributed by atoms with van der Waals surface area (Å²) in [6.45, 7) is 3.75. The number of aryl methyl sites for hydroxylation is 2. The summed E-state index contributed by atoms with van der Waals surface area (Å²) in [5.41, 5.74) is 2.75. The van der Waals surface area contributed by atoms with Gasteiger partial charge in [0.2, 0.25) is 0 Å². The minimum absolute atomic E-state index is 0.174.